The highest BCUT2D eigenvalue weighted by atomic mass is 14.6. The fraction of sp³-hybridized carbons (Fsp3) is 0.625. The minimum atomic E-state index is 0.142. The number of benzene rings is 1. The Bertz CT molecular complexity index is 328. The average Bonchev–Trinajstić information content (AvgIpc) is 2.38. The number of hydrogen-bond donors (Lipinski definition) is 1. The van der Waals surface area contributed by atoms with Crippen LogP contribution < -0.4 is 5.73 Å². The first-order valence-electron chi connectivity index (χ1n) is 6.88. The number of hydrogen-bond acceptors (Lipinski definition) is 1. The first-order valence-corrected chi connectivity index (χ1v) is 6.88. The molecule has 1 heteroatoms. The van der Waals surface area contributed by atoms with E-state index in [0.717, 1.165) is 13.0 Å². The molecule has 0 aromatic heterocycles. The van der Waals surface area contributed by atoms with Crippen LogP contribution in [0.2, 0.25) is 0 Å². The minimum Gasteiger partial charge on any atom is -0.330 e. The maximum absolute atomic E-state index is 5.95. The van der Waals surface area contributed by atoms with Crippen molar-refractivity contribution in [3.63, 3.8) is 0 Å². The lowest BCUT2D eigenvalue weighted by atomic mass is 9.78. The van der Waals surface area contributed by atoms with E-state index in [2.05, 4.69) is 52.0 Å². The molecule has 1 aromatic rings. The molecule has 1 rings (SSSR count). The van der Waals surface area contributed by atoms with Crippen LogP contribution in [0.5, 0.6) is 0 Å². The summed E-state index contributed by atoms with van der Waals surface area (Å²) in [5, 5.41) is 0. The normalized spacial score (nSPS) is 16.5. The van der Waals surface area contributed by atoms with Crippen LogP contribution in [0.4, 0.5) is 0 Å². The molecule has 17 heavy (non-hydrogen) atoms. The highest BCUT2D eigenvalue weighted by Crippen LogP contribution is 2.29. The molecular weight excluding hydrogens is 206 g/mol. The fourth-order valence-corrected chi connectivity index (χ4v) is 2.37. The van der Waals surface area contributed by atoms with Crippen LogP contribution in [0.25, 0.3) is 0 Å². The first kappa shape index (κ1) is 14.2. The van der Waals surface area contributed by atoms with E-state index in [9.17, 15) is 0 Å². The predicted octanol–water partition coefficient (Wildman–Crippen LogP) is 4.22. The second-order valence-corrected chi connectivity index (χ2v) is 5.45. The van der Waals surface area contributed by atoms with Gasteiger partial charge in [-0.1, -0.05) is 58.4 Å². The Kier molecular flexibility index (Phi) is 5.20. The molecule has 1 nitrogen and oxygen atoms in total. The molecule has 0 fully saturated rings. The Morgan fingerprint density at radius 1 is 1.18 bits per heavy atom. The summed E-state index contributed by atoms with van der Waals surface area (Å²) in [6.07, 6.45) is 3.54. The van der Waals surface area contributed by atoms with Crippen molar-refractivity contribution in [2.45, 2.75) is 58.3 Å². The quantitative estimate of drug-likeness (QED) is 0.782. The fourth-order valence-electron chi connectivity index (χ4n) is 2.37. The monoisotopic (exact) mass is 233 g/mol. The summed E-state index contributed by atoms with van der Waals surface area (Å²) in [5.74, 6) is 0.652. The maximum Gasteiger partial charge on any atom is 0.00472 e. The highest BCUT2D eigenvalue weighted by molar-refractivity contribution is 5.30. The zero-order chi connectivity index (χ0) is 12.9. The summed E-state index contributed by atoms with van der Waals surface area (Å²) in [5.41, 5.74) is 8.91. The van der Waals surface area contributed by atoms with Crippen LogP contribution in [0.3, 0.4) is 0 Å². The molecule has 0 spiro atoms. The van der Waals surface area contributed by atoms with Gasteiger partial charge in [0.15, 0.2) is 0 Å². The van der Waals surface area contributed by atoms with Crippen LogP contribution in [-0.4, -0.2) is 6.54 Å². The van der Waals surface area contributed by atoms with E-state index >= 15 is 0 Å². The Hall–Kier alpha value is -0.820. The van der Waals surface area contributed by atoms with Crippen molar-refractivity contribution in [1.82, 2.24) is 0 Å². The standard InChI is InChI=1S/C16H27N/c1-5-11-16(4,12-17)15-9-7-14(8-10-15)13(3)6-2/h7-10,13H,5-6,11-12,17H2,1-4H3. The van der Waals surface area contributed by atoms with Crippen molar-refractivity contribution in [2.24, 2.45) is 5.73 Å². The van der Waals surface area contributed by atoms with E-state index < -0.39 is 0 Å². The topological polar surface area (TPSA) is 26.0 Å². The van der Waals surface area contributed by atoms with Crippen molar-refractivity contribution in [3.8, 4) is 0 Å². The smallest absolute Gasteiger partial charge is 0.00472 e. The molecule has 0 aliphatic rings. The van der Waals surface area contributed by atoms with Crippen molar-refractivity contribution >= 4 is 0 Å². The van der Waals surface area contributed by atoms with Crippen molar-refractivity contribution < 1.29 is 0 Å². The van der Waals surface area contributed by atoms with E-state index in [1.807, 2.05) is 0 Å². The lowest BCUT2D eigenvalue weighted by molar-refractivity contribution is 0.439. The lowest BCUT2D eigenvalue weighted by Crippen LogP contribution is -2.31. The molecule has 0 aliphatic heterocycles. The number of rotatable bonds is 6. The van der Waals surface area contributed by atoms with Gasteiger partial charge in [0.2, 0.25) is 0 Å². The summed E-state index contributed by atoms with van der Waals surface area (Å²) >= 11 is 0. The van der Waals surface area contributed by atoms with Gasteiger partial charge in [0.1, 0.15) is 0 Å². The van der Waals surface area contributed by atoms with Crippen LogP contribution in [0, 0.1) is 0 Å². The van der Waals surface area contributed by atoms with E-state index in [0.29, 0.717) is 5.92 Å². The van der Waals surface area contributed by atoms with Gasteiger partial charge in [-0.3, -0.25) is 0 Å². The lowest BCUT2D eigenvalue weighted by Gasteiger charge is -2.28. The molecule has 96 valence electrons. The summed E-state index contributed by atoms with van der Waals surface area (Å²) in [6, 6.07) is 9.08. The van der Waals surface area contributed by atoms with Crippen LogP contribution >= 0.6 is 0 Å². The second-order valence-electron chi connectivity index (χ2n) is 5.45. The van der Waals surface area contributed by atoms with E-state index in [1.54, 1.807) is 0 Å². The van der Waals surface area contributed by atoms with Gasteiger partial charge in [-0.05, 0) is 29.9 Å². The van der Waals surface area contributed by atoms with E-state index in [-0.39, 0.29) is 5.41 Å². The maximum atomic E-state index is 5.95. The Morgan fingerprint density at radius 2 is 1.76 bits per heavy atom. The molecule has 0 bridgehead atoms. The predicted molar refractivity (Wildman–Crippen MR) is 76.5 cm³/mol. The van der Waals surface area contributed by atoms with Gasteiger partial charge in [0.25, 0.3) is 0 Å². The molecular formula is C16H27N. The van der Waals surface area contributed by atoms with Gasteiger partial charge in [-0.2, -0.15) is 0 Å². The Labute approximate surface area is 106 Å². The molecule has 2 N–H and O–H groups in total. The second kappa shape index (κ2) is 6.20. The zero-order valence-corrected chi connectivity index (χ0v) is 11.8. The van der Waals surface area contributed by atoms with Crippen molar-refractivity contribution in [3.05, 3.63) is 35.4 Å². The molecule has 0 radical (unpaired) electrons. The van der Waals surface area contributed by atoms with Crippen molar-refractivity contribution in [2.75, 3.05) is 6.54 Å². The highest BCUT2D eigenvalue weighted by Gasteiger charge is 2.23. The minimum absolute atomic E-state index is 0.142. The zero-order valence-electron chi connectivity index (χ0n) is 11.8. The summed E-state index contributed by atoms with van der Waals surface area (Å²) in [4.78, 5) is 0. The molecule has 1 aromatic carbocycles. The van der Waals surface area contributed by atoms with Gasteiger partial charge in [0, 0.05) is 12.0 Å². The first-order chi connectivity index (χ1) is 8.07. The summed E-state index contributed by atoms with van der Waals surface area (Å²) in [7, 11) is 0. The van der Waals surface area contributed by atoms with Gasteiger partial charge in [-0.15, -0.1) is 0 Å². The molecule has 0 heterocycles. The Morgan fingerprint density at radius 3 is 2.18 bits per heavy atom. The molecule has 0 aliphatic carbocycles. The third kappa shape index (κ3) is 3.32. The molecule has 0 saturated heterocycles. The summed E-state index contributed by atoms with van der Waals surface area (Å²) in [6.45, 7) is 9.74. The summed E-state index contributed by atoms with van der Waals surface area (Å²) < 4.78 is 0. The van der Waals surface area contributed by atoms with Crippen LogP contribution in [0.15, 0.2) is 24.3 Å². The van der Waals surface area contributed by atoms with Gasteiger partial charge < -0.3 is 5.73 Å². The molecule has 2 unspecified atom stereocenters. The molecule has 0 saturated carbocycles. The van der Waals surface area contributed by atoms with Gasteiger partial charge in [0.05, 0.1) is 0 Å². The molecule has 0 amide bonds. The third-order valence-corrected chi connectivity index (χ3v) is 4.04. The SMILES string of the molecule is CCCC(C)(CN)c1ccc(C(C)CC)cc1. The Balaban J connectivity index is 2.92. The third-order valence-electron chi connectivity index (χ3n) is 4.04. The van der Waals surface area contributed by atoms with E-state index in [4.69, 9.17) is 5.73 Å². The van der Waals surface area contributed by atoms with Gasteiger partial charge in [-0.25, -0.2) is 0 Å². The van der Waals surface area contributed by atoms with Crippen LogP contribution in [0.1, 0.15) is 64.0 Å². The average molecular weight is 233 g/mol. The largest absolute Gasteiger partial charge is 0.330 e. The molecule has 2 atom stereocenters. The van der Waals surface area contributed by atoms with Crippen molar-refractivity contribution in [1.29, 1.82) is 0 Å². The van der Waals surface area contributed by atoms with Crippen LogP contribution in [-0.2, 0) is 5.41 Å². The van der Waals surface area contributed by atoms with Gasteiger partial charge >= 0.3 is 0 Å². The number of nitrogens with two attached hydrogens (primary N) is 1. The van der Waals surface area contributed by atoms with E-state index in [1.165, 1.54) is 24.0 Å².